The molecule has 72 heavy (non-hydrogen) atoms. The van der Waals surface area contributed by atoms with Gasteiger partial charge in [0.05, 0.1) is 19.3 Å². The number of primary amides is 1. The van der Waals surface area contributed by atoms with E-state index < -0.39 is 158 Å². The van der Waals surface area contributed by atoms with Crippen LogP contribution in [0.5, 0.6) is 0 Å². The number of carboxylic acid groups (broad SMARTS) is 2. The molecule has 1 aliphatic heterocycles. The van der Waals surface area contributed by atoms with E-state index in [0.717, 1.165) is 4.90 Å². The maximum atomic E-state index is 14.2. The zero-order chi connectivity index (χ0) is 54.2. The third-order valence-corrected chi connectivity index (χ3v) is 12.1. The summed E-state index contributed by atoms with van der Waals surface area (Å²) in [6.07, 6.45) is 0.414. The number of nitrogens with one attached hydrogen (secondary N) is 7. The maximum absolute atomic E-state index is 14.2. The molecular weight excluding hydrogens is 965 g/mol. The van der Waals surface area contributed by atoms with Crippen LogP contribution in [0.4, 0.5) is 0 Å². The molecule has 1 aliphatic rings. The van der Waals surface area contributed by atoms with Gasteiger partial charge in [-0.2, -0.15) is 11.8 Å². The molecule has 1 fully saturated rings. The van der Waals surface area contributed by atoms with E-state index in [9.17, 15) is 73.2 Å². The van der Waals surface area contributed by atoms with Crippen molar-refractivity contribution >= 4 is 76.9 Å². The van der Waals surface area contributed by atoms with Gasteiger partial charge < -0.3 is 74.0 Å². The maximum Gasteiger partial charge on any atom is 0.326 e. The lowest BCUT2D eigenvalue weighted by molar-refractivity contribution is -0.144. The Kier molecular flexibility index (Phi) is 26.7. The van der Waals surface area contributed by atoms with E-state index in [2.05, 4.69) is 37.2 Å². The fraction of sp³-hybridized carbons (Fsp3) is 0.630. The van der Waals surface area contributed by atoms with Crippen molar-refractivity contribution in [2.24, 2.45) is 23.3 Å². The summed E-state index contributed by atoms with van der Waals surface area (Å²) < 4.78 is 0. The SMILES string of the molecule is CSCC[C@H](N)C(=O)N[C@@H](CC(C)C)C(=O)N[C@@H](CCC(N)=O)C(=O)N[C@@H](CCC(=O)O)C(=O)N1CCC[C@H]1C(=O)N[C@@H](CO)C(=O)N[C@@H](Cc1ccccc1)C(=O)N[C@@H](CO)C(=O)N[C@H](C(=O)O)C(C)C. The van der Waals surface area contributed by atoms with Crippen molar-refractivity contribution in [1.82, 2.24) is 42.1 Å². The summed E-state index contributed by atoms with van der Waals surface area (Å²) in [6, 6.07) is -4.60. The summed E-state index contributed by atoms with van der Waals surface area (Å²) >= 11 is 1.47. The molecule has 0 bridgehead atoms. The predicted molar refractivity (Wildman–Crippen MR) is 261 cm³/mol. The van der Waals surface area contributed by atoms with Crippen LogP contribution < -0.4 is 48.7 Å². The molecule has 402 valence electrons. The van der Waals surface area contributed by atoms with E-state index in [-0.39, 0.29) is 44.6 Å². The van der Waals surface area contributed by atoms with Crippen molar-refractivity contribution in [3.63, 3.8) is 0 Å². The first-order valence-electron chi connectivity index (χ1n) is 23.6. The van der Waals surface area contributed by atoms with Crippen molar-refractivity contribution in [3.8, 4) is 0 Å². The van der Waals surface area contributed by atoms with Crippen LogP contribution in [0, 0.1) is 11.8 Å². The fourth-order valence-electron chi connectivity index (χ4n) is 7.51. The Bertz CT molecular complexity index is 2050. The molecule has 0 unspecified atom stereocenters. The van der Waals surface area contributed by atoms with Crippen molar-refractivity contribution in [3.05, 3.63) is 35.9 Å². The Morgan fingerprint density at radius 2 is 1.18 bits per heavy atom. The Labute approximate surface area is 421 Å². The first-order valence-corrected chi connectivity index (χ1v) is 25.0. The van der Waals surface area contributed by atoms with E-state index in [4.69, 9.17) is 11.5 Å². The van der Waals surface area contributed by atoms with Gasteiger partial charge in [-0.05, 0) is 67.9 Å². The number of likely N-dealkylation sites (tertiary alicyclic amines) is 1. The van der Waals surface area contributed by atoms with E-state index in [1.54, 1.807) is 44.2 Å². The smallest absolute Gasteiger partial charge is 0.326 e. The molecule has 0 aromatic heterocycles. The van der Waals surface area contributed by atoms with Crippen molar-refractivity contribution < 1.29 is 73.2 Å². The molecule has 1 aromatic rings. The van der Waals surface area contributed by atoms with Crippen LogP contribution in [0.1, 0.15) is 84.6 Å². The number of thioether (sulfide) groups is 1. The van der Waals surface area contributed by atoms with Gasteiger partial charge in [-0.1, -0.05) is 58.0 Å². The molecule has 26 heteroatoms. The Balaban J connectivity index is 2.35. The van der Waals surface area contributed by atoms with Crippen molar-refractivity contribution in [2.75, 3.05) is 31.8 Å². The summed E-state index contributed by atoms with van der Waals surface area (Å²) in [5.41, 5.74) is 11.9. The number of aliphatic hydroxyl groups excluding tert-OH is 2. The van der Waals surface area contributed by atoms with E-state index >= 15 is 0 Å². The van der Waals surface area contributed by atoms with Gasteiger partial charge in [-0.25, -0.2) is 4.79 Å². The summed E-state index contributed by atoms with van der Waals surface area (Å²) in [6.45, 7) is 4.60. The number of nitrogens with two attached hydrogens (primary N) is 2. The quantitative estimate of drug-likeness (QED) is 0.0334. The number of nitrogens with zero attached hydrogens (tertiary/aromatic N) is 1. The minimum absolute atomic E-state index is 0.0152. The van der Waals surface area contributed by atoms with Gasteiger partial charge in [0.15, 0.2) is 0 Å². The Hall–Kier alpha value is -6.38. The van der Waals surface area contributed by atoms with Crippen LogP contribution in [0.3, 0.4) is 0 Å². The van der Waals surface area contributed by atoms with E-state index in [0.29, 0.717) is 17.7 Å². The van der Waals surface area contributed by atoms with Gasteiger partial charge >= 0.3 is 11.9 Å². The topological polar surface area (TPSA) is 408 Å². The lowest BCUT2D eigenvalue weighted by Crippen LogP contribution is -2.61. The molecular formula is C46H72N10O15S. The van der Waals surface area contributed by atoms with Crippen LogP contribution in [-0.2, 0) is 59.2 Å². The minimum atomic E-state index is -1.74. The zero-order valence-electron chi connectivity index (χ0n) is 41.2. The molecule has 25 nitrogen and oxygen atoms in total. The Morgan fingerprint density at radius 3 is 1.74 bits per heavy atom. The third kappa shape index (κ3) is 20.8. The molecule has 9 amide bonds. The number of aliphatic hydroxyl groups is 2. The Morgan fingerprint density at radius 1 is 0.667 bits per heavy atom. The lowest BCUT2D eigenvalue weighted by atomic mass is 10.0. The molecule has 2 rings (SSSR count). The summed E-state index contributed by atoms with van der Waals surface area (Å²) in [4.78, 5) is 145. The molecule has 9 atom stereocenters. The zero-order valence-corrected chi connectivity index (χ0v) is 42.0. The molecule has 1 aromatic carbocycles. The number of carboxylic acids is 2. The van der Waals surface area contributed by atoms with Crippen LogP contribution in [0.25, 0.3) is 0 Å². The molecule has 0 radical (unpaired) electrons. The number of benzene rings is 1. The summed E-state index contributed by atoms with van der Waals surface area (Å²) in [5.74, 6) is -11.1. The second-order valence-corrected chi connectivity index (χ2v) is 19.1. The van der Waals surface area contributed by atoms with Crippen LogP contribution in [-0.4, -0.2) is 177 Å². The molecule has 1 saturated heterocycles. The van der Waals surface area contributed by atoms with Gasteiger partial charge in [0.1, 0.15) is 48.3 Å². The first-order chi connectivity index (χ1) is 33.9. The number of hydrogen-bond acceptors (Lipinski definition) is 15. The monoisotopic (exact) mass is 1040 g/mol. The molecule has 1 heterocycles. The van der Waals surface area contributed by atoms with Gasteiger partial charge in [0, 0.05) is 25.8 Å². The normalized spacial score (nSPS) is 16.6. The lowest BCUT2D eigenvalue weighted by Gasteiger charge is -2.31. The number of carbonyl (C=O) groups is 11. The third-order valence-electron chi connectivity index (χ3n) is 11.5. The van der Waals surface area contributed by atoms with Crippen LogP contribution in [0.2, 0.25) is 0 Å². The second kappa shape index (κ2) is 31.2. The second-order valence-electron chi connectivity index (χ2n) is 18.1. The van der Waals surface area contributed by atoms with Gasteiger partial charge in [0.25, 0.3) is 0 Å². The van der Waals surface area contributed by atoms with E-state index in [1.807, 2.05) is 6.26 Å². The average Bonchev–Trinajstić information content (AvgIpc) is 3.82. The number of hydrogen-bond donors (Lipinski definition) is 13. The standard InChI is InChI=1S/C46H72N10O15S/c1-24(2)20-30(51-38(62)27(47)17-19-72-5)40(64)49-28(13-15-35(48)59)39(63)50-29(14-16-36(60)61)45(69)56-18-9-12-34(56)44(68)54-32(22-57)42(66)52-31(21-26-10-7-6-8-11-26)41(65)53-33(23-58)43(67)55-37(25(3)4)46(70)71/h6-8,10-11,24-25,27-34,37,57-58H,9,12-23,47H2,1-5H3,(H2,48,59)(H,49,64)(H,50,63)(H,51,62)(H,52,66)(H,53,65)(H,54,68)(H,55,67)(H,60,61)(H,70,71)/t27-,28-,29-,30-,31-,32-,33-,34-,37-/m0/s1. The number of aliphatic carboxylic acids is 2. The van der Waals surface area contributed by atoms with E-state index in [1.165, 1.54) is 25.6 Å². The van der Waals surface area contributed by atoms with Crippen LogP contribution >= 0.6 is 11.8 Å². The fourth-order valence-corrected chi connectivity index (χ4v) is 8.00. The molecule has 15 N–H and O–H groups in total. The highest BCUT2D eigenvalue weighted by Crippen LogP contribution is 2.21. The number of rotatable bonds is 32. The highest BCUT2D eigenvalue weighted by Gasteiger charge is 2.41. The molecule has 0 aliphatic carbocycles. The largest absolute Gasteiger partial charge is 0.481 e. The number of amides is 9. The molecule has 0 spiro atoms. The van der Waals surface area contributed by atoms with Gasteiger partial charge in [-0.15, -0.1) is 0 Å². The summed E-state index contributed by atoms with van der Waals surface area (Å²) in [5, 5.41) is 56.4. The first kappa shape index (κ1) is 61.7. The summed E-state index contributed by atoms with van der Waals surface area (Å²) in [7, 11) is 0. The number of carbonyl (C=O) groups excluding carboxylic acids is 9. The van der Waals surface area contributed by atoms with Crippen molar-refractivity contribution in [2.45, 2.75) is 140 Å². The highest BCUT2D eigenvalue weighted by atomic mass is 32.2. The predicted octanol–water partition coefficient (Wildman–Crippen LogP) is -3.40. The molecule has 0 saturated carbocycles. The minimum Gasteiger partial charge on any atom is -0.481 e. The van der Waals surface area contributed by atoms with Gasteiger partial charge in [-0.3, -0.25) is 47.9 Å². The highest BCUT2D eigenvalue weighted by molar-refractivity contribution is 7.98. The van der Waals surface area contributed by atoms with Crippen molar-refractivity contribution in [1.29, 1.82) is 0 Å². The average molecular weight is 1040 g/mol. The van der Waals surface area contributed by atoms with Gasteiger partial charge in [0.2, 0.25) is 53.2 Å². The van der Waals surface area contributed by atoms with Crippen LogP contribution in [0.15, 0.2) is 30.3 Å².